The van der Waals surface area contributed by atoms with Gasteiger partial charge in [-0.15, -0.1) is 21.5 Å². The van der Waals surface area contributed by atoms with Crippen molar-refractivity contribution < 1.29 is 9.21 Å². The monoisotopic (exact) mass is 423 g/mol. The van der Waals surface area contributed by atoms with Gasteiger partial charge in [0.25, 0.3) is 5.22 Å². The smallest absolute Gasteiger partial charge is 0.277 e. The molecular formula is C16H14BrN3O2S2. The maximum Gasteiger partial charge on any atom is 0.277 e. The van der Waals surface area contributed by atoms with Crippen LogP contribution in [-0.2, 0) is 11.3 Å². The molecule has 3 aromatic rings. The summed E-state index contributed by atoms with van der Waals surface area (Å²) in [5.41, 5.74) is 0.831. The molecule has 2 heterocycles. The standard InChI is InChI=1S/C16H14BrN3O2S2/c1-20(9-11-5-4-8-23-11)14(21)10-24-16-19-18-15(22-16)12-6-2-3-7-13(12)17/h2-8H,9-10H2,1H3. The Balaban J connectivity index is 1.57. The summed E-state index contributed by atoms with van der Waals surface area (Å²) >= 11 is 6.34. The third kappa shape index (κ3) is 4.25. The Morgan fingerprint density at radius 2 is 2.12 bits per heavy atom. The van der Waals surface area contributed by atoms with Gasteiger partial charge in [0.2, 0.25) is 11.8 Å². The van der Waals surface area contributed by atoms with Gasteiger partial charge in [0.1, 0.15) is 0 Å². The van der Waals surface area contributed by atoms with Gasteiger partial charge >= 0.3 is 0 Å². The van der Waals surface area contributed by atoms with Crippen LogP contribution in [0.1, 0.15) is 4.88 Å². The van der Waals surface area contributed by atoms with Crippen LogP contribution < -0.4 is 0 Å². The first kappa shape index (κ1) is 17.2. The van der Waals surface area contributed by atoms with Crippen molar-refractivity contribution in [2.75, 3.05) is 12.8 Å². The Morgan fingerprint density at radius 3 is 2.88 bits per heavy atom. The lowest BCUT2D eigenvalue weighted by Crippen LogP contribution is -2.27. The minimum atomic E-state index is 0.0223. The molecule has 0 atom stereocenters. The molecule has 0 saturated carbocycles. The van der Waals surface area contributed by atoms with E-state index >= 15 is 0 Å². The van der Waals surface area contributed by atoms with E-state index in [1.54, 1.807) is 23.3 Å². The second-order valence-electron chi connectivity index (χ2n) is 4.97. The highest BCUT2D eigenvalue weighted by Gasteiger charge is 2.15. The predicted octanol–water partition coefficient (Wildman–Crippen LogP) is 4.31. The van der Waals surface area contributed by atoms with Crippen LogP contribution in [0.25, 0.3) is 11.5 Å². The topological polar surface area (TPSA) is 59.2 Å². The number of hydrogen-bond donors (Lipinski definition) is 0. The van der Waals surface area contributed by atoms with E-state index in [1.165, 1.54) is 11.8 Å². The summed E-state index contributed by atoms with van der Waals surface area (Å²) < 4.78 is 6.51. The Hall–Kier alpha value is -1.64. The van der Waals surface area contributed by atoms with Gasteiger partial charge in [-0.05, 0) is 39.5 Å². The number of thiophene rings is 1. The quantitative estimate of drug-likeness (QED) is 0.552. The van der Waals surface area contributed by atoms with Gasteiger partial charge < -0.3 is 9.32 Å². The molecule has 0 aliphatic carbocycles. The Morgan fingerprint density at radius 1 is 1.29 bits per heavy atom. The van der Waals surface area contributed by atoms with Crippen LogP contribution >= 0.6 is 39.0 Å². The van der Waals surface area contributed by atoms with Gasteiger partial charge in [0.15, 0.2) is 0 Å². The average Bonchev–Trinajstić information content (AvgIpc) is 3.24. The van der Waals surface area contributed by atoms with Gasteiger partial charge in [-0.25, -0.2) is 0 Å². The maximum atomic E-state index is 12.2. The van der Waals surface area contributed by atoms with Crippen LogP contribution in [0.2, 0.25) is 0 Å². The molecule has 0 radical (unpaired) electrons. The fraction of sp³-hybridized carbons (Fsp3) is 0.188. The van der Waals surface area contributed by atoms with Crippen LogP contribution in [0.15, 0.2) is 55.9 Å². The molecule has 1 amide bonds. The number of carbonyl (C=O) groups is 1. The summed E-state index contributed by atoms with van der Waals surface area (Å²) in [6.45, 7) is 0.614. The second-order valence-corrected chi connectivity index (χ2v) is 7.78. The molecule has 0 N–H and O–H groups in total. The molecule has 0 spiro atoms. The summed E-state index contributed by atoms with van der Waals surface area (Å²) in [6, 6.07) is 11.6. The van der Waals surface area contributed by atoms with Crippen molar-refractivity contribution in [2.24, 2.45) is 0 Å². The normalized spacial score (nSPS) is 10.8. The molecule has 2 aromatic heterocycles. The highest BCUT2D eigenvalue weighted by atomic mass is 79.9. The fourth-order valence-corrected chi connectivity index (χ4v) is 3.89. The first-order chi connectivity index (χ1) is 11.6. The van der Waals surface area contributed by atoms with Crippen LogP contribution in [0.4, 0.5) is 0 Å². The van der Waals surface area contributed by atoms with Gasteiger partial charge in [-0.1, -0.05) is 30.0 Å². The number of thioether (sulfide) groups is 1. The van der Waals surface area contributed by atoms with Crippen LogP contribution in [0.3, 0.4) is 0 Å². The molecule has 0 fully saturated rings. The van der Waals surface area contributed by atoms with Gasteiger partial charge in [0.05, 0.1) is 17.9 Å². The molecule has 8 heteroatoms. The molecule has 0 aliphatic rings. The number of rotatable bonds is 6. The first-order valence-corrected chi connectivity index (χ1v) is 9.77. The number of hydrogen-bond acceptors (Lipinski definition) is 6. The zero-order chi connectivity index (χ0) is 16.9. The lowest BCUT2D eigenvalue weighted by Gasteiger charge is -2.15. The van der Waals surface area contributed by atoms with Crippen LogP contribution in [0, 0.1) is 0 Å². The summed E-state index contributed by atoms with van der Waals surface area (Å²) in [7, 11) is 1.79. The fourth-order valence-electron chi connectivity index (χ4n) is 1.97. The first-order valence-electron chi connectivity index (χ1n) is 7.11. The van der Waals surface area contributed by atoms with Gasteiger partial charge in [0, 0.05) is 16.4 Å². The molecule has 0 saturated heterocycles. The Bertz CT molecular complexity index is 820. The SMILES string of the molecule is CN(Cc1cccs1)C(=O)CSc1nnc(-c2ccccc2Br)o1. The molecule has 0 unspecified atom stereocenters. The minimum absolute atomic E-state index is 0.0223. The van der Waals surface area contributed by atoms with Crippen molar-refractivity contribution in [3.63, 3.8) is 0 Å². The van der Waals surface area contributed by atoms with E-state index in [1.807, 2.05) is 41.8 Å². The lowest BCUT2D eigenvalue weighted by atomic mass is 10.2. The van der Waals surface area contributed by atoms with Crippen molar-refractivity contribution in [1.82, 2.24) is 15.1 Å². The van der Waals surface area contributed by atoms with Crippen LogP contribution in [-0.4, -0.2) is 33.8 Å². The van der Waals surface area contributed by atoms with E-state index in [2.05, 4.69) is 26.1 Å². The van der Waals surface area contributed by atoms with Crippen molar-refractivity contribution >= 4 is 44.9 Å². The maximum absolute atomic E-state index is 12.2. The minimum Gasteiger partial charge on any atom is -0.411 e. The number of amides is 1. The van der Waals surface area contributed by atoms with E-state index in [-0.39, 0.29) is 11.7 Å². The molecule has 3 rings (SSSR count). The molecule has 0 bridgehead atoms. The molecule has 0 aliphatic heterocycles. The molecule has 5 nitrogen and oxygen atoms in total. The highest BCUT2D eigenvalue weighted by Crippen LogP contribution is 2.29. The largest absolute Gasteiger partial charge is 0.411 e. The summed E-state index contributed by atoms with van der Waals surface area (Å²) in [4.78, 5) is 15.0. The third-order valence-corrected chi connectivity index (χ3v) is 5.58. The Kier molecular flexibility index (Phi) is 5.70. The van der Waals surface area contributed by atoms with E-state index in [4.69, 9.17) is 4.42 Å². The number of carbonyl (C=O) groups excluding carboxylic acids is 1. The summed E-state index contributed by atoms with van der Waals surface area (Å²) in [6.07, 6.45) is 0. The van der Waals surface area contributed by atoms with Crippen LogP contribution in [0.5, 0.6) is 0 Å². The molecule has 124 valence electrons. The number of nitrogens with zero attached hydrogens (tertiary/aromatic N) is 3. The summed E-state index contributed by atoms with van der Waals surface area (Å²) in [5.74, 6) is 0.720. The molecule has 24 heavy (non-hydrogen) atoms. The zero-order valence-corrected chi connectivity index (χ0v) is 16.0. The van der Waals surface area contributed by atoms with E-state index in [0.29, 0.717) is 17.7 Å². The van der Waals surface area contributed by atoms with Gasteiger partial charge in [-0.3, -0.25) is 4.79 Å². The van der Waals surface area contributed by atoms with Crippen molar-refractivity contribution in [1.29, 1.82) is 0 Å². The van der Waals surface area contributed by atoms with E-state index in [9.17, 15) is 4.79 Å². The summed E-state index contributed by atoms with van der Waals surface area (Å²) in [5, 5.41) is 10.4. The molecular weight excluding hydrogens is 410 g/mol. The lowest BCUT2D eigenvalue weighted by molar-refractivity contribution is -0.127. The molecule has 1 aromatic carbocycles. The van der Waals surface area contributed by atoms with Crippen molar-refractivity contribution in [3.05, 3.63) is 51.1 Å². The second kappa shape index (κ2) is 7.96. The predicted molar refractivity (Wildman–Crippen MR) is 99.0 cm³/mol. The number of halogens is 1. The highest BCUT2D eigenvalue weighted by molar-refractivity contribution is 9.10. The van der Waals surface area contributed by atoms with Gasteiger partial charge in [-0.2, -0.15) is 0 Å². The van der Waals surface area contributed by atoms with E-state index in [0.717, 1.165) is 14.9 Å². The van der Waals surface area contributed by atoms with Crippen molar-refractivity contribution in [2.45, 2.75) is 11.8 Å². The third-order valence-electron chi connectivity index (χ3n) is 3.23. The van der Waals surface area contributed by atoms with E-state index < -0.39 is 0 Å². The zero-order valence-electron chi connectivity index (χ0n) is 12.8. The van der Waals surface area contributed by atoms with Crippen molar-refractivity contribution in [3.8, 4) is 11.5 Å². The average molecular weight is 424 g/mol. The number of benzene rings is 1. The number of aromatic nitrogens is 2. The Labute approximate surface area is 156 Å².